The quantitative estimate of drug-likeness (QED) is 0.524. The van der Waals surface area contributed by atoms with E-state index in [1.54, 1.807) is 13.1 Å². The van der Waals surface area contributed by atoms with Crippen LogP contribution in [0.3, 0.4) is 0 Å². The summed E-state index contributed by atoms with van der Waals surface area (Å²) in [7, 11) is -2.21. The molecule has 0 radical (unpaired) electrons. The Hall–Kier alpha value is -3.46. The Bertz CT molecular complexity index is 1310. The first-order valence-electron chi connectivity index (χ1n) is 8.94. The van der Waals surface area contributed by atoms with E-state index in [2.05, 4.69) is 25.1 Å². The molecule has 0 bridgehead atoms. The van der Waals surface area contributed by atoms with Gasteiger partial charge in [0.25, 0.3) is 10.0 Å². The minimum absolute atomic E-state index is 0.0487. The maximum Gasteiger partial charge on any atom is 0.266 e. The van der Waals surface area contributed by atoms with Crippen molar-refractivity contribution in [1.29, 1.82) is 0 Å². The molecule has 0 amide bonds. The van der Waals surface area contributed by atoms with Crippen molar-refractivity contribution >= 4 is 38.4 Å². The van der Waals surface area contributed by atoms with E-state index in [-0.39, 0.29) is 10.7 Å². The molecule has 0 fully saturated rings. The number of nitrogens with zero attached hydrogens (tertiary/aromatic N) is 4. The summed E-state index contributed by atoms with van der Waals surface area (Å²) in [4.78, 5) is 9.15. The summed E-state index contributed by atoms with van der Waals surface area (Å²) in [5.41, 5.74) is 4.15. The fourth-order valence-electron chi connectivity index (χ4n) is 2.88. The predicted molar refractivity (Wildman–Crippen MR) is 113 cm³/mol. The topological polar surface area (TPSA) is 102 Å². The van der Waals surface area contributed by atoms with Gasteiger partial charge in [-0.2, -0.15) is 5.10 Å². The number of nitrogens with one attached hydrogen (secondary N) is 2. The second-order valence-electron chi connectivity index (χ2n) is 6.81. The normalized spacial score (nSPS) is 11.6. The minimum Gasteiger partial charge on any atom is -0.337 e. The molecule has 0 aliphatic heterocycles. The molecule has 8 nitrogen and oxygen atoms in total. The summed E-state index contributed by atoms with van der Waals surface area (Å²) < 4.78 is 29.6. The zero-order valence-electron chi connectivity index (χ0n) is 16.2. The summed E-state index contributed by atoms with van der Waals surface area (Å²) in [6.45, 7) is 3.96. The van der Waals surface area contributed by atoms with Crippen molar-refractivity contribution in [2.45, 2.75) is 18.7 Å². The van der Waals surface area contributed by atoms with E-state index in [0.717, 1.165) is 16.8 Å². The van der Waals surface area contributed by atoms with Crippen LogP contribution in [-0.4, -0.2) is 28.2 Å². The van der Waals surface area contributed by atoms with Gasteiger partial charge in [0.15, 0.2) is 11.6 Å². The molecule has 4 aromatic rings. The second-order valence-corrected chi connectivity index (χ2v) is 8.49. The maximum absolute atomic E-state index is 12.8. The van der Waals surface area contributed by atoms with Crippen molar-refractivity contribution < 1.29 is 8.42 Å². The minimum atomic E-state index is -3.87. The third-order valence-corrected chi connectivity index (χ3v) is 5.73. The molecule has 0 unspecified atom stereocenters. The molecule has 4 rings (SSSR count). The Morgan fingerprint density at radius 1 is 0.966 bits per heavy atom. The monoisotopic (exact) mass is 408 g/mol. The lowest BCUT2D eigenvalue weighted by Crippen LogP contribution is -2.15. The third kappa shape index (κ3) is 3.90. The first kappa shape index (κ1) is 18.9. The van der Waals surface area contributed by atoms with Gasteiger partial charge in [0.2, 0.25) is 0 Å². The number of hydrogen-bond acceptors (Lipinski definition) is 6. The van der Waals surface area contributed by atoms with Gasteiger partial charge in [-0.05, 0) is 43.2 Å². The summed E-state index contributed by atoms with van der Waals surface area (Å²) in [5.74, 6) is 0.443. The smallest absolute Gasteiger partial charge is 0.266 e. The molecule has 2 N–H and O–H groups in total. The van der Waals surface area contributed by atoms with Crippen molar-refractivity contribution in [1.82, 2.24) is 19.7 Å². The van der Waals surface area contributed by atoms with E-state index in [0.29, 0.717) is 16.9 Å². The number of hydrogen-bond donors (Lipinski definition) is 2. The molecule has 9 heteroatoms. The molecule has 0 saturated heterocycles. The summed E-state index contributed by atoms with van der Waals surface area (Å²) in [6, 6.07) is 13.3. The number of aryl methyl sites for hydroxylation is 3. The molecule has 0 spiro atoms. The van der Waals surface area contributed by atoms with Gasteiger partial charge >= 0.3 is 0 Å². The molecular formula is C20H20N6O2S. The van der Waals surface area contributed by atoms with Gasteiger partial charge in [-0.15, -0.1) is 0 Å². The van der Waals surface area contributed by atoms with Gasteiger partial charge in [0.1, 0.15) is 4.90 Å². The molecular weight excluding hydrogens is 388 g/mol. The number of anilines is 3. The molecule has 2 aromatic heterocycles. The fraction of sp³-hybridized carbons (Fsp3) is 0.150. The van der Waals surface area contributed by atoms with Crippen molar-refractivity contribution in [2.24, 2.45) is 7.05 Å². The largest absolute Gasteiger partial charge is 0.337 e. The Balaban J connectivity index is 1.81. The van der Waals surface area contributed by atoms with Gasteiger partial charge in [0.05, 0.1) is 17.2 Å². The van der Waals surface area contributed by atoms with Crippen molar-refractivity contribution in [3.63, 3.8) is 0 Å². The number of rotatable bonds is 5. The summed E-state index contributed by atoms with van der Waals surface area (Å²) >= 11 is 0. The Morgan fingerprint density at radius 2 is 1.66 bits per heavy atom. The summed E-state index contributed by atoms with van der Waals surface area (Å²) in [5, 5.41) is 7.16. The first-order valence-corrected chi connectivity index (χ1v) is 10.4. The Kier molecular flexibility index (Phi) is 4.67. The molecule has 0 aliphatic carbocycles. The van der Waals surface area contributed by atoms with E-state index in [4.69, 9.17) is 0 Å². The average molecular weight is 408 g/mol. The van der Waals surface area contributed by atoms with Gasteiger partial charge in [-0.3, -0.25) is 9.40 Å². The van der Waals surface area contributed by atoms with Gasteiger partial charge in [0, 0.05) is 18.9 Å². The SMILES string of the molecule is Cc1ccc(C)c(Nc2nc3ccccc3nc2NS(=O)(=O)c2cnn(C)c2)c1. The van der Waals surface area contributed by atoms with E-state index < -0.39 is 10.0 Å². The van der Waals surface area contributed by atoms with Crippen LogP contribution in [0.2, 0.25) is 0 Å². The molecule has 2 aromatic carbocycles. The number of fused-ring (bicyclic) bond motifs is 1. The van der Waals surface area contributed by atoms with Gasteiger partial charge < -0.3 is 5.32 Å². The Morgan fingerprint density at radius 3 is 2.31 bits per heavy atom. The zero-order chi connectivity index (χ0) is 20.6. The van der Waals surface area contributed by atoms with E-state index in [1.807, 2.05) is 50.2 Å². The first-order chi connectivity index (χ1) is 13.8. The van der Waals surface area contributed by atoms with Crippen LogP contribution in [0.15, 0.2) is 59.8 Å². The third-order valence-electron chi connectivity index (χ3n) is 4.44. The van der Waals surface area contributed by atoms with Crippen LogP contribution >= 0.6 is 0 Å². The predicted octanol–water partition coefficient (Wildman–Crippen LogP) is 3.52. The van der Waals surface area contributed by atoms with Crippen molar-refractivity contribution in [2.75, 3.05) is 10.0 Å². The van der Waals surface area contributed by atoms with E-state index in [1.165, 1.54) is 17.1 Å². The molecule has 2 heterocycles. The van der Waals surface area contributed by atoms with Crippen LogP contribution < -0.4 is 10.0 Å². The zero-order valence-corrected chi connectivity index (χ0v) is 17.0. The second kappa shape index (κ2) is 7.17. The summed E-state index contributed by atoms with van der Waals surface area (Å²) in [6.07, 6.45) is 2.71. The lowest BCUT2D eigenvalue weighted by atomic mass is 10.1. The lowest BCUT2D eigenvalue weighted by molar-refractivity contribution is 0.601. The highest BCUT2D eigenvalue weighted by molar-refractivity contribution is 7.92. The number of aromatic nitrogens is 4. The van der Waals surface area contributed by atoms with Crippen LogP contribution in [0.5, 0.6) is 0 Å². The van der Waals surface area contributed by atoms with Crippen LogP contribution in [0.25, 0.3) is 11.0 Å². The molecule has 29 heavy (non-hydrogen) atoms. The Labute approximate surface area is 168 Å². The average Bonchev–Trinajstić information content (AvgIpc) is 3.12. The lowest BCUT2D eigenvalue weighted by Gasteiger charge is -2.15. The number of benzene rings is 2. The fourth-order valence-corrected chi connectivity index (χ4v) is 3.87. The van der Waals surface area contributed by atoms with Crippen molar-refractivity contribution in [3.05, 3.63) is 66.0 Å². The standard InChI is InChI=1S/C20H20N6O2S/c1-13-8-9-14(2)18(10-13)24-19-20(23-17-7-5-4-6-16(17)22-19)25-29(27,28)15-11-21-26(3)12-15/h4-12H,1-3H3,(H,22,24)(H,23,25). The van der Waals surface area contributed by atoms with E-state index >= 15 is 0 Å². The van der Waals surface area contributed by atoms with Gasteiger partial charge in [-0.25, -0.2) is 18.4 Å². The highest BCUT2D eigenvalue weighted by Gasteiger charge is 2.20. The number of sulfonamides is 1. The van der Waals surface area contributed by atoms with Crippen LogP contribution in [0.4, 0.5) is 17.3 Å². The van der Waals surface area contributed by atoms with Crippen LogP contribution in [0.1, 0.15) is 11.1 Å². The highest BCUT2D eigenvalue weighted by Crippen LogP contribution is 2.28. The van der Waals surface area contributed by atoms with Crippen LogP contribution in [-0.2, 0) is 17.1 Å². The molecule has 148 valence electrons. The van der Waals surface area contributed by atoms with E-state index in [9.17, 15) is 8.42 Å². The molecule has 0 saturated carbocycles. The van der Waals surface area contributed by atoms with Crippen LogP contribution in [0, 0.1) is 13.8 Å². The highest BCUT2D eigenvalue weighted by atomic mass is 32.2. The maximum atomic E-state index is 12.8. The number of para-hydroxylation sites is 2. The van der Waals surface area contributed by atoms with Crippen molar-refractivity contribution in [3.8, 4) is 0 Å². The van der Waals surface area contributed by atoms with Gasteiger partial charge in [-0.1, -0.05) is 24.3 Å². The molecule has 0 aliphatic rings. The molecule has 0 atom stereocenters.